The summed E-state index contributed by atoms with van der Waals surface area (Å²) in [5, 5.41) is 3.10. The largest absolute Gasteiger partial charge is 0.353 e. The predicted octanol–water partition coefficient (Wildman–Crippen LogP) is 2.33. The molecule has 1 aliphatic carbocycles. The molecule has 0 saturated heterocycles. The lowest BCUT2D eigenvalue weighted by atomic mass is 9.92. The molecule has 3 nitrogen and oxygen atoms in total. The van der Waals surface area contributed by atoms with Gasteiger partial charge in [0.05, 0.1) is 5.75 Å². The standard InChI is InChI=1S/C12H24N2OS.ClH/c1-12(2,3)16-8-11(15)14-10-6-4-9(13)5-7-10;/h9-10H,4-8,13H2,1-3H3,(H,14,15);1H. The van der Waals surface area contributed by atoms with Crippen molar-refractivity contribution in [1.29, 1.82) is 0 Å². The van der Waals surface area contributed by atoms with Gasteiger partial charge in [-0.05, 0) is 25.7 Å². The van der Waals surface area contributed by atoms with Gasteiger partial charge < -0.3 is 11.1 Å². The smallest absolute Gasteiger partial charge is 0.230 e. The van der Waals surface area contributed by atoms with E-state index in [4.69, 9.17) is 5.73 Å². The number of thioether (sulfide) groups is 1. The fourth-order valence-corrected chi connectivity index (χ4v) is 2.46. The molecule has 0 aromatic heterocycles. The summed E-state index contributed by atoms with van der Waals surface area (Å²) in [7, 11) is 0. The van der Waals surface area contributed by atoms with Gasteiger partial charge in [0, 0.05) is 16.8 Å². The molecule has 17 heavy (non-hydrogen) atoms. The van der Waals surface area contributed by atoms with E-state index in [0.29, 0.717) is 17.8 Å². The quantitative estimate of drug-likeness (QED) is 0.834. The van der Waals surface area contributed by atoms with Crippen LogP contribution in [-0.2, 0) is 4.79 Å². The van der Waals surface area contributed by atoms with Crippen LogP contribution in [0.4, 0.5) is 0 Å². The number of nitrogens with one attached hydrogen (secondary N) is 1. The molecular weight excluding hydrogens is 256 g/mol. The first kappa shape index (κ1) is 17.1. The molecule has 3 N–H and O–H groups in total. The Balaban J connectivity index is 0.00000256. The van der Waals surface area contributed by atoms with E-state index in [9.17, 15) is 4.79 Å². The number of carbonyl (C=O) groups excluding carboxylic acids is 1. The van der Waals surface area contributed by atoms with Gasteiger partial charge in [-0.15, -0.1) is 24.2 Å². The molecule has 0 aromatic rings. The third-order valence-electron chi connectivity index (χ3n) is 2.77. The highest BCUT2D eigenvalue weighted by atomic mass is 35.5. The maximum Gasteiger partial charge on any atom is 0.230 e. The topological polar surface area (TPSA) is 55.1 Å². The van der Waals surface area contributed by atoms with Crippen LogP contribution < -0.4 is 11.1 Å². The molecule has 5 heteroatoms. The van der Waals surface area contributed by atoms with Crippen LogP contribution in [0.2, 0.25) is 0 Å². The molecule has 0 aromatic carbocycles. The Morgan fingerprint density at radius 3 is 2.29 bits per heavy atom. The Kier molecular flexibility index (Phi) is 7.52. The minimum atomic E-state index is 0. The van der Waals surface area contributed by atoms with Gasteiger partial charge in [-0.3, -0.25) is 4.79 Å². The average molecular weight is 281 g/mol. The molecule has 1 saturated carbocycles. The third-order valence-corrected chi connectivity index (χ3v) is 4.05. The lowest BCUT2D eigenvalue weighted by molar-refractivity contribution is -0.119. The summed E-state index contributed by atoms with van der Waals surface area (Å²) < 4.78 is 0.159. The van der Waals surface area contributed by atoms with E-state index in [1.165, 1.54) is 0 Å². The average Bonchev–Trinajstić information content (AvgIpc) is 2.18. The predicted molar refractivity (Wildman–Crippen MR) is 77.8 cm³/mol. The summed E-state index contributed by atoms with van der Waals surface area (Å²) in [6, 6.07) is 0.699. The van der Waals surface area contributed by atoms with E-state index in [-0.39, 0.29) is 23.1 Å². The molecular formula is C12H25ClN2OS. The number of rotatable bonds is 3. The van der Waals surface area contributed by atoms with Crippen molar-refractivity contribution in [3.63, 3.8) is 0 Å². The first-order valence-electron chi connectivity index (χ1n) is 6.06. The summed E-state index contributed by atoms with van der Waals surface area (Å²) in [5.41, 5.74) is 5.83. The highest BCUT2D eigenvalue weighted by Gasteiger charge is 2.20. The van der Waals surface area contributed by atoms with Crippen LogP contribution in [-0.4, -0.2) is 28.5 Å². The Labute approximate surface area is 115 Å². The van der Waals surface area contributed by atoms with Gasteiger partial charge in [0.2, 0.25) is 5.91 Å². The second-order valence-corrected chi connectivity index (χ2v) is 7.38. The zero-order valence-electron chi connectivity index (χ0n) is 11.0. The van der Waals surface area contributed by atoms with Crippen molar-refractivity contribution in [3.8, 4) is 0 Å². The van der Waals surface area contributed by atoms with Crippen LogP contribution in [0.3, 0.4) is 0 Å². The molecule has 0 spiro atoms. The SMILES string of the molecule is CC(C)(C)SCC(=O)NC1CCC(N)CC1.Cl. The minimum absolute atomic E-state index is 0. The lowest BCUT2D eigenvalue weighted by Crippen LogP contribution is -2.41. The Hall–Kier alpha value is 0.0700. The molecule has 102 valence electrons. The van der Waals surface area contributed by atoms with Crippen LogP contribution in [0.1, 0.15) is 46.5 Å². The molecule has 0 bridgehead atoms. The van der Waals surface area contributed by atoms with Crippen molar-refractivity contribution in [2.45, 2.75) is 63.3 Å². The summed E-state index contributed by atoms with van der Waals surface area (Å²) in [6.07, 6.45) is 4.15. The van der Waals surface area contributed by atoms with E-state index in [2.05, 4.69) is 26.1 Å². The minimum Gasteiger partial charge on any atom is -0.353 e. The number of nitrogens with two attached hydrogens (primary N) is 1. The molecule has 1 rings (SSSR count). The lowest BCUT2D eigenvalue weighted by Gasteiger charge is -2.27. The van der Waals surface area contributed by atoms with Gasteiger partial charge in [-0.25, -0.2) is 0 Å². The van der Waals surface area contributed by atoms with Crippen molar-refractivity contribution in [3.05, 3.63) is 0 Å². The van der Waals surface area contributed by atoms with Gasteiger partial charge in [-0.1, -0.05) is 20.8 Å². The van der Waals surface area contributed by atoms with Gasteiger partial charge in [0.25, 0.3) is 0 Å². The Morgan fingerprint density at radius 2 is 1.82 bits per heavy atom. The highest BCUT2D eigenvalue weighted by molar-refractivity contribution is 8.01. The van der Waals surface area contributed by atoms with Crippen LogP contribution in [0.5, 0.6) is 0 Å². The third kappa shape index (κ3) is 7.90. The number of carbonyl (C=O) groups is 1. The van der Waals surface area contributed by atoms with Crippen LogP contribution in [0.25, 0.3) is 0 Å². The van der Waals surface area contributed by atoms with E-state index < -0.39 is 0 Å². The van der Waals surface area contributed by atoms with Crippen molar-refractivity contribution in [2.75, 3.05) is 5.75 Å². The summed E-state index contributed by atoms with van der Waals surface area (Å²) >= 11 is 1.69. The van der Waals surface area contributed by atoms with Crippen LogP contribution in [0, 0.1) is 0 Å². The van der Waals surface area contributed by atoms with E-state index >= 15 is 0 Å². The molecule has 0 radical (unpaired) electrons. The first-order valence-corrected chi connectivity index (χ1v) is 7.04. The number of halogens is 1. The summed E-state index contributed by atoms with van der Waals surface area (Å²) in [4.78, 5) is 11.7. The van der Waals surface area contributed by atoms with Crippen molar-refractivity contribution in [1.82, 2.24) is 5.32 Å². The van der Waals surface area contributed by atoms with E-state index in [1.807, 2.05) is 0 Å². The molecule has 0 heterocycles. The normalized spacial score (nSPS) is 24.9. The molecule has 1 amide bonds. The van der Waals surface area contributed by atoms with Crippen molar-refractivity contribution in [2.24, 2.45) is 5.73 Å². The number of hydrogen-bond donors (Lipinski definition) is 2. The molecule has 0 unspecified atom stereocenters. The molecule has 1 aliphatic rings. The summed E-state index contributed by atoms with van der Waals surface area (Å²) in [5.74, 6) is 0.729. The van der Waals surface area contributed by atoms with Gasteiger partial charge in [0.1, 0.15) is 0 Å². The summed E-state index contributed by atoms with van der Waals surface area (Å²) in [6.45, 7) is 6.39. The Morgan fingerprint density at radius 1 is 1.29 bits per heavy atom. The van der Waals surface area contributed by atoms with Gasteiger partial charge in [-0.2, -0.15) is 0 Å². The number of hydrogen-bond acceptors (Lipinski definition) is 3. The Bertz CT molecular complexity index is 235. The van der Waals surface area contributed by atoms with Crippen LogP contribution >= 0.6 is 24.2 Å². The monoisotopic (exact) mass is 280 g/mol. The second-order valence-electron chi connectivity index (χ2n) is 5.58. The highest BCUT2D eigenvalue weighted by Crippen LogP contribution is 2.23. The van der Waals surface area contributed by atoms with Crippen LogP contribution in [0.15, 0.2) is 0 Å². The first-order chi connectivity index (χ1) is 7.37. The maximum atomic E-state index is 11.7. The van der Waals surface area contributed by atoms with Crippen molar-refractivity contribution >= 4 is 30.1 Å². The van der Waals surface area contributed by atoms with Gasteiger partial charge >= 0.3 is 0 Å². The van der Waals surface area contributed by atoms with E-state index in [1.54, 1.807) is 11.8 Å². The zero-order valence-corrected chi connectivity index (χ0v) is 12.6. The number of amides is 1. The van der Waals surface area contributed by atoms with Crippen molar-refractivity contribution < 1.29 is 4.79 Å². The maximum absolute atomic E-state index is 11.7. The second kappa shape index (κ2) is 7.49. The molecule has 0 atom stereocenters. The fraction of sp³-hybridized carbons (Fsp3) is 0.917. The van der Waals surface area contributed by atoms with E-state index in [0.717, 1.165) is 25.7 Å². The molecule has 1 fully saturated rings. The fourth-order valence-electron chi connectivity index (χ4n) is 1.81. The molecule has 0 aliphatic heterocycles. The zero-order chi connectivity index (χ0) is 12.2. The van der Waals surface area contributed by atoms with Gasteiger partial charge in [0.15, 0.2) is 0 Å².